The topological polar surface area (TPSA) is 59.6 Å². The Morgan fingerprint density at radius 1 is 1.17 bits per heavy atom. The number of anilines is 1. The average molecular weight is 318 g/mol. The van der Waals surface area contributed by atoms with Crippen molar-refractivity contribution >= 4 is 33.0 Å². The van der Waals surface area contributed by atoms with E-state index >= 15 is 0 Å². The third kappa shape index (κ3) is 2.89. The van der Waals surface area contributed by atoms with Crippen molar-refractivity contribution in [2.75, 3.05) is 5.32 Å². The fourth-order valence-corrected chi connectivity index (χ4v) is 2.58. The molecule has 0 amide bonds. The Morgan fingerprint density at radius 2 is 2.00 bits per heavy atom. The van der Waals surface area contributed by atoms with Crippen LogP contribution in [0.15, 0.2) is 34.8 Å². The first-order chi connectivity index (χ1) is 8.72. The third-order valence-electron chi connectivity index (χ3n) is 2.33. The number of halogens is 1. The van der Waals surface area contributed by atoms with Crippen molar-refractivity contribution in [3.63, 3.8) is 0 Å². The van der Waals surface area contributed by atoms with Crippen LogP contribution in [-0.4, -0.2) is 0 Å². The Labute approximate surface area is 117 Å². The summed E-state index contributed by atoms with van der Waals surface area (Å²) in [6, 6.07) is 13.4. The number of thiophene rings is 1. The SMILES string of the molecule is N#Cc1ccc(CNc2cc(Br)ccc2C#N)s1. The van der Waals surface area contributed by atoms with Crippen LogP contribution >= 0.6 is 27.3 Å². The smallest absolute Gasteiger partial charge is 0.110 e. The molecule has 0 bridgehead atoms. The van der Waals surface area contributed by atoms with Crippen molar-refractivity contribution in [1.29, 1.82) is 10.5 Å². The molecular formula is C13H8BrN3S. The Kier molecular flexibility index (Phi) is 3.99. The second-order valence-corrected chi connectivity index (χ2v) is 5.62. The predicted octanol–water partition coefficient (Wildman–Crippen LogP) is 3.87. The molecule has 0 atom stereocenters. The summed E-state index contributed by atoms with van der Waals surface area (Å²) >= 11 is 4.83. The summed E-state index contributed by atoms with van der Waals surface area (Å²) in [5.41, 5.74) is 1.40. The Hall–Kier alpha value is -1.82. The second-order valence-electron chi connectivity index (χ2n) is 3.53. The van der Waals surface area contributed by atoms with Gasteiger partial charge in [0.05, 0.1) is 11.3 Å². The van der Waals surface area contributed by atoms with Crippen LogP contribution in [0.2, 0.25) is 0 Å². The van der Waals surface area contributed by atoms with Gasteiger partial charge in [0.25, 0.3) is 0 Å². The van der Waals surface area contributed by atoms with Gasteiger partial charge < -0.3 is 5.32 Å². The van der Waals surface area contributed by atoms with Gasteiger partial charge in [-0.1, -0.05) is 15.9 Å². The van der Waals surface area contributed by atoms with Crippen molar-refractivity contribution < 1.29 is 0 Å². The van der Waals surface area contributed by atoms with E-state index in [1.54, 1.807) is 12.1 Å². The first-order valence-corrected chi connectivity index (χ1v) is 6.76. The molecule has 0 aliphatic rings. The highest BCUT2D eigenvalue weighted by molar-refractivity contribution is 9.10. The maximum absolute atomic E-state index is 9.00. The van der Waals surface area contributed by atoms with E-state index in [4.69, 9.17) is 10.5 Å². The van der Waals surface area contributed by atoms with Crippen LogP contribution in [-0.2, 0) is 6.54 Å². The molecule has 2 rings (SSSR count). The lowest BCUT2D eigenvalue weighted by Gasteiger charge is -2.07. The molecule has 0 aliphatic carbocycles. The minimum absolute atomic E-state index is 0.607. The molecule has 1 N–H and O–H groups in total. The van der Waals surface area contributed by atoms with Gasteiger partial charge in [0.15, 0.2) is 0 Å². The molecule has 0 fully saturated rings. The van der Waals surface area contributed by atoms with E-state index < -0.39 is 0 Å². The monoisotopic (exact) mass is 317 g/mol. The number of nitrogens with zero attached hydrogens (tertiary/aromatic N) is 2. The second kappa shape index (κ2) is 5.68. The highest BCUT2D eigenvalue weighted by Gasteiger charge is 2.04. The summed E-state index contributed by atoms with van der Waals surface area (Å²) in [7, 11) is 0. The first-order valence-electron chi connectivity index (χ1n) is 5.15. The molecule has 5 heteroatoms. The summed E-state index contributed by atoms with van der Waals surface area (Å²) in [5.74, 6) is 0. The minimum atomic E-state index is 0.607. The van der Waals surface area contributed by atoms with E-state index in [9.17, 15) is 0 Å². The largest absolute Gasteiger partial charge is 0.379 e. The summed E-state index contributed by atoms with van der Waals surface area (Å²) in [6.45, 7) is 0.609. The number of nitriles is 2. The summed E-state index contributed by atoms with van der Waals surface area (Å²) < 4.78 is 0.924. The van der Waals surface area contributed by atoms with E-state index in [0.29, 0.717) is 17.0 Å². The van der Waals surface area contributed by atoms with Gasteiger partial charge in [0.2, 0.25) is 0 Å². The molecule has 18 heavy (non-hydrogen) atoms. The Balaban J connectivity index is 2.13. The molecule has 88 valence electrons. The molecular weight excluding hydrogens is 310 g/mol. The number of hydrogen-bond acceptors (Lipinski definition) is 4. The molecule has 0 unspecified atom stereocenters. The summed E-state index contributed by atoms with van der Waals surface area (Å²) in [6.07, 6.45) is 0. The van der Waals surface area contributed by atoms with Crippen molar-refractivity contribution in [3.05, 3.63) is 50.1 Å². The van der Waals surface area contributed by atoms with Crippen molar-refractivity contribution in [3.8, 4) is 12.1 Å². The van der Waals surface area contributed by atoms with E-state index in [-0.39, 0.29) is 0 Å². The molecule has 3 nitrogen and oxygen atoms in total. The fraction of sp³-hybridized carbons (Fsp3) is 0.0769. The Morgan fingerprint density at radius 3 is 2.67 bits per heavy atom. The molecule has 0 saturated heterocycles. The fourth-order valence-electron chi connectivity index (χ4n) is 1.48. The minimum Gasteiger partial charge on any atom is -0.379 e. The van der Waals surface area contributed by atoms with Crippen LogP contribution in [0.25, 0.3) is 0 Å². The van der Waals surface area contributed by atoms with Gasteiger partial charge >= 0.3 is 0 Å². The number of benzene rings is 1. The van der Waals surface area contributed by atoms with Crippen molar-refractivity contribution in [1.82, 2.24) is 0 Å². The van der Waals surface area contributed by atoms with E-state index in [2.05, 4.69) is 33.4 Å². The van der Waals surface area contributed by atoms with Crippen molar-refractivity contribution in [2.24, 2.45) is 0 Å². The van der Waals surface area contributed by atoms with Crippen LogP contribution in [0.4, 0.5) is 5.69 Å². The first kappa shape index (κ1) is 12.6. The molecule has 1 aromatic heterocycles. The van der Waals surface area contributed by atoms with Crippen LogP contribution in [0.5, 0.6) is 0 Å². The average Bonchev–Trinajstić information content (AvgIpc) is 2.84. The van der Waals surface area contributed by atoms with Crippen LogP contribution in [0.3, 0.4) is 0 Å². The van der Waals surface area contributed by atoms with E-state index in [1.165, 1.54) is 11.3 Å². The molecule has 0 saturated carbocycles. The molecule has 1 aromatic carbocycles. The van der Waals surface area contributed by atoms with Crippen LogP contribution in [0, 0.1) is 22.7 Å². The molecule has 0 radical (unpaired) electrons. The molecule has 0 spiro atoms. The lowest BCUT2D eigenvalue weighted by molar-refractivity contribution is 1.19. The summed E-state index contributed by atoms with van der Waals surface area (Å²) in [5, 5.41) is 21.0. The Bertz CT molecular complexity index is 649. The van der Waals surface area contributed by atoms with Gasteiger partial charge in [-0.3, -0.25) is 0 Å². The van der Waals surface area contributed by atoms with Gasteiger partial charge in [-0.05, 0) is 30.3 Å². The molecule has 1 heterocycles. The van der Waals surface area contributed by atoms with Gasteiger partial charge in [-0.2, -0.15) is 10.5 Å². The number of rotatable bonds is 3. The van der Waals surface area contributed by atoms with E-state index in [0.717, 1.165) is 15.0 Å². The zero-order chi connectivity index (χ0) is 13.0. The molecule has 0 aliphatic heterocycles. The zero-order valence-corrected chi connectivity index (χ0v) is 11.7. The maximum Gasteiger partial charge on any atom is 0.110 e. The molecule has 2 aromatic rings. The normalized spacial score (nSPS) is 9.50. The van der Waals surface area contributed by atoms with E-state index in [1.807, 2.05) is 18.2 Å². The third-order valence-corrected chi connectivity index (χ3v) is 3.81. The van der Waals surface area contributed by atoms with Crippen LogP contribution < -0.4 is 5.32 Å². The van der Waals surface area contributed by atoms with Crippen LogP contribution in [0.1, 0.15) is 15.3 Å². The summed E-state index contributed by atoms with van der Waals surface area (Å²) in [4.78, 5) is 1.76. The lowest BCUT2D eigenvalue weighted by atomic mass is 10.2. The number of hydrogen-bond donors (Lipinski definition) is 1. The van der Waals surface area contributed by atoms with Gasteiger partial charge in [0, 0.05) is 15.9 Å². The zero-order valence-electron chi connectivity index (χ0n) is 9.27. The standard InChI is InChI=1S/C13H8BrN3S/c14-10-2-1-9(6-15)13(5-10)17-8-12-4-3-11(7-16)18-12/h1-5,17H,8H2. The lowest BCUT2D eigenvalue weighted by Crippen LogP contribution is -1.99. The van der Waals surface area contributed by atoms with Gasteiger partial charge in [0.1, 0.15) is 17.0 Å². The van der Waals surface area contributed by atoms with Gasteiger partial charge in [-0.15, -0.1) is 11.3 Å². The van der Waals surface area contributed by atoms with Crippen molar-refractivity contribution in [2.45, 2.75) is 6.54 Å². The number of nitrogens with one attached hydrogen (secondary N) is 1. The van der Waals surface area contributed by atoms with Gasteiger partial charge in [-0.25, -0.2) is 0 Å². The maximum atomic E-state index is 9.00. The predicted molar refractivity (Wildman–Crippen MR) is 75.2 cm³/mol. The quantitative estimate of drug-likeness (QED) is 0.934. The highest BCUT2D eigenvalue weighted by atomic mass is 79.9. The highest BCUT2D eigenvalue weighted by Crippen LogP contribution is 2.23.